The molecule has 0 saturated carbocycles. The number of quaternary nitrogens is 1. The average molecular weight is 417 g/mol. The van der Waals surface area contributed by atoms with Gasteiger partial charge in [0.15, 0.2) is 0 Å². The number of pyridine rings is 2. The molecule has 1 unspecified atom stereocenters. The van der Waals surface area contributed by atoms with E-state index in [1.54, 1.807) is 13.2 Å². The van der Waals surface area contributed by atoms with Gasteiger partial charge in [0, 0.05) is 22.5 Å². The predicted octanol–water partition coefficient (Wildman–Crippen LogP) is 5.38. The summed E-state index contributed by atoms with van der Waals surface area (Å²) in [5, 5.41) is 17.7. The molecular weight excluding hydrogens is 388 g/mol. The number of aromatic nitrogens is 2. The molecule has 2 heterocycles. The monoisotopic (exact) mass is 416 g/mol. The highest BCUT2D eigenvalue weighted by molar-refractivity contribution is 6.31. The van der Waals surface area contributed by atoms with Crippen LogP contribution in [0.3, 0.4) is 0 Å². The number of rotatable bonds is 9. The van der Waals surface area contributed by atoms with E-state index in [0.29, 0.717) is 30.5 Å². The summed E-state index contributed by atoms with van der Waals surface area (Å²) in [5.41, 5.74) is 3.28. The molecule has 3 aromatic rings. The van der Waals surface area contributed by atoms with Crippen LogP contribution in [0, 0.1) is 5.21 Å². The van der Waals surface area contributed by atoms with Gasteiger partial charge in [0.05, 0.1) is 43.5 Å². The Labute approximate surface area is 177 Å². The molecule has 0 radical (unpaired) electrons. The largest absolute Gasteiger partial charge is 0.633 e. The van der Waals surface area contributed by atoms with Gasteiger partial charge in [-0.15, -0.1) is 0 Å². The van der Waals surface area contributed by atoms with Crippen LogP contribution in [0.25, 0.3) is 21.9 Å². The second-order valence-corrected chi connectivity index (χ2v) is 7.91. The molecule has 29 heavy (non-hydrogen) atoms. The molecule has 0 amide bonds. The van der Waals surface area contributed by atoms with Gasteiger partial charge >= 0.3 is 0 Å². The van der Waals surface area contributed by atoms with Gasteiger partial charge in [-0.05, 0) is 57.9 Å². The number of fused-ring (bicyclic) bond motifs is 2. The highest BCUT2D eigenvalue weighted by Crippen LogP contribution is 2.33. The topological polar surface area (TPSA) is 70.1 Å². The maximum atomic E-state index is 12.5. The minimum atomic E-state index is -0.134. The van der Waals surface area contributed by atoms with E-state index in [-0.39, 0.29) is 10.7 Å². The number of hydrogen-bond donors (Lipinski definition) is 1. The maximum Gasteiger partial charge on any atom is 0.213 e. The van der Waals surface area contributed by atoms with Crippen molar-refractivity contribution in [3.05, 3.63) is 40.6 Å². The third-order valence-corrected chi connectivity index (χ3v) is 5.75. The van der Waals surface area contributed by atoms with Crippen molar-refractivity contribution in [3.63, 3.8) is 0 Å². The standard InChI is InChI=1S/C22H29ClN4O2/c1-5-27(28,6-2)13-7-8-15(3)24-21-17-10-9-16(23)14-19(17)25-18-11-12-20(29-4)26-22(18)21/h9-12,14-15H,5-8,13H2,1-4H3,(H,24,25). The zero-order valence-electron chi connectivity index (χ0n) is 17.5. The second kappa shape index (κ2) is 9.11. The van der Waals surface area contributed by atoms with Crippen molar-refractivity contribution in [1.82, 2.24) is 9.97 Å². The van der Waals surface area contributed by atoms with Crippen LogP contribution in [0.1, 0.15) is 33.6 Å². The first-order chi connectivity index (χ1) is 13.9. The van der Waals surface area contributed by atoms with Crippen LogP contribution in [0.4, 0.5) is 5.69 Å². The summed E-state index contributed by atoms with van der Waals surface area (Å²) < 4.78 is 5.18. The van der Waals surface area contributed by atoms with E-state index in [0.717, 1.165) is 40.5 Å². The molecular formula is C22H29ClN4O2. The van der Waals surface area contributed by atoms with E-state index in [9.17, 15) is 5.21 Å². The van der Waals surface area contributed by atoms with Gasteiger partial charge in [-0.3, -0.25) is 0 Å². The Balaban J connectivity index is 1.91. The molecule has 1 atom stereocenters. The summed E-state index contributed by atoms with van der Waals surface area (Å²) in [6, 6.07) is 9.58. The fourth-order valence-corrected chi connectivity index (χ4v) is 3.74. The van der Waals surface area contributed by atoms with Crippen molar-refractivity contribution in [2.24, 2.45) is 0 Å². The van der Waals surface area contributed by atoms with Gasteiger partial charge in [0.25, 0.3) is 0 Å². The van der Waals surface area contributed by atoms with Crippen LogP contribution >= 0.6 is 11.6 Å². The summed E-state index contributed by atoms with van der Waals surface area (Å²) in [5.74, 6) is 0.544. The third-order valence-electron chi connectivity index (χ3n) is 5.51. The highest BCUT2D eigenvalue weighted by atomic mass is 35.5. The molecule has 1 aromatic carbocycles. The molecule has 0 fully saturated rings. The molecule has 0 bridgehead atoms. The number of hydroxylamine groups is 3. The number of anilines is 1. The Bertz CT molecular complexity index is 991. The van der Waals surface area contributed by atoms with Crippen LogP contribution in [0.15, 0.2) is 30.3 Å². The summed E-state index contributed by atoms with van der Waals surface area (Å²) in [6.07, 6.45) is 1.76. The summed E-state index contributed by atoms with van der Waals surface area (Å²) in [4.78, 5) is 9.34. The van der Waals surface area contributed by atoms with Crippen LogP contribution in [0.5, 0.6) is 5.88 Å². The summed E-state index contributed by atoms with van der Waals surface area (Å²) in [6.45, 7) is 7.91. The van der Waals surface area contributed by atoms with E-state index >= 15 is 0 Å². The number of halogens is 1. The SMILES string of the molecule is CC[N+]([O-])(CC)CCCC(C)Nc1c2ccc(Cl)cc2nc2ccc(OC)nc12. The van der Waals surface area contributed by atoms with Gasteiger partial charge in [0.2, 0.25) is 5.88 Å². The smallest absolute Gasteiger partial charge is 0.213 e. The molecule has 0 spiro atoms. The van der Waals surface area contributed by atoms with E-state index in [1.165, 1.54) is 0 Å². The molecule has 0 saturated heterocycles. The molecule has 7 heteroatoms. The Morgan fingerprint density at radius 3 is 2.59 bits per heavy atom. The Morgan fingerprint density at radius 2 is 1.90 bits per heavy atom. The fraction of sp³-hybridized carbons (Fsp3) is 0.455. The third kappa shape index (κ3) is 4.89. The van der Waals surface area contributed by atoms with Crippen LogP contribution in [0.2, 0.25) is 5.02 Å². The zero-order chi connectivity index (χ0) is 21.0. The van der Waals surface area contributed by atoms with Gasteiger partial charge in [-0.2, -0.15) is 0 Å². The lowest BCUT2D eigenvalue weighted by molar-refractivity contribution is -0.877. The second-order valence-electron chi connectivity index (χ2n) is 7.47. The highest BCUT2D eigenvalue weighted by Gasteiger charge is 2.16. The molecule has 1 N–H and O–H groups in total. The lowest BCUT2D eigenvalue weighted by Gasteiger charge is -2.41. The molecule has 156 valence electrons. The predicted molar refractivity (Wildman–Crippen MR) is 121 cm³/mol. The maximum absolute atomic E-state index is 12.5. The lowest BCUT2D eigenvalue weighted by atomic mass is 10.1. The summed E-state index contributed by atoms with van der Waals surface area (Å²) >= 11 is 6.19. The van der Waals surface area contributed by atoms with Crippen LogP contribution in [-0.4, -0.2) is 47.4 Å². The van der Waals surface area contributed by atoms with Crippen molar-refractivity contribution < 1.29 is 9.38 Å². The molecule has 0 aliphatic carbocycles. The molecule has 0 aliphatic rings. The Kier molecular flexibility index (Phi) is 6.77. The molecule has 2 aromatic heterocycles. The first-order valence-electron chi connectivity index (χ1n) is 10.2. The van der Waals surface area contributed by atoms with E-state index in [4.69, 9.17) is 21.3 Å². The number of nitrogens with one attached hydrogen (secondary N) is 1. The quantitative estimate of drug-likeness (QED) is 0.288. The van der Waals surface area contributed by atoms with Crippen molar-refractivity contribution >= 4 is 39.2 Å². The number of hydrogen-bond acceptors (Lipinski definition) is 5. The zero-order valence-corrected chi connectivity index (χ0v) is 18.3. The van der Waals surface area contributed by atoms with Crippen molar-refractivity contribution in [1.29, 1.82) is 0 Å². The van der Waals surface area contributed by atoms with Gasteiger partial charge in [0.1, 0.15) is 5.52 Å². The average Bonchev–Trinajstić information content (AvgIpc) is 2.72. The molecule has 6 nitrogen and oxygen atoms in total. The Hall–Kier alpha value is -2.15. The first-order valence-corrected chi connectivity index (χ1v) is 10.5. The normalized spacial score (nSPS) is 13.0. The van der Waals surface area contributed by atoms with Crippen molar-refractivity contribution in [2.45, 2.75) is 39.7 Å². The van der Waals surface area contributed by atoms with Crippen LogP contribution < -0.4 is 10.1 Å². The first kappa shape index (κ1) is 21.6. The number of ether oxygens (including phenoxy) is 1. The van der Waals surface area contributed by atoms with Gasteiger partial charge in [-0.1, -0.05) is 11.6 Å². The molecule has 0 aliphatic heterocycles. The Morgan fingerprint density at radius 1 is 1.14 bits per heavy atom. The van der Waals surface area contributed by atoms with Gasteiger partial charge < -0.3 is 19.9 Å². The minimum Gasteiger partial charge on any atom is -0.633 e. The van der Waals surface area contributed by atoms with Crippen molar-refractivity contribution in [3.8, 4) is 5.88 Å². The molecule has 3 rings (SSSR count). The van der Waals surface area contributed by atoms with Crippen LogP contribution in [-0.2, 0) is 0 Å². The number of methoxy groups -OCH3 is 1. The lowest BCUT2D eigenvalue weighted by Crippen LogP contribution is -2.42. The van der Waals surface area contributed by atoms with Crippen molar-refractivity contribution in [2.75, 3.05) is 32.1 Å². The van der Waals surface area contributed by atoms with E-state index in [1.807, 2.05) is 38.1 Å². The number of nitrogens with zero attached hydrogens (tertiary/aromatic N) is 3. The van der Waals surface area contributed by atoms with E-state index < -0.39 is 0 Å². The van der Waals surface area contributed by atoms with E-state index in [2.05, 4.69) is 17.2 Å². The number of benzene rings is 1. The van der Waals surface area contributed by atoms with Gasteiger partial charge in [-0.25, -0.2) is 9.97 Å². The minimum absolute atomic E-state index is 0.134. The fourth-order valence-electron chi connectivity index (χ4n) is 3.58. The summed E-state index contributed by atoms with van der Waals surface area (Å²) in [7, 11) is 1.60.